The molecule has 2 aromatic carbocycles. The fraction of sp³-hybridized carbons (Fsp3) is 0.435. The zero-order valence-corrected chi connectivity index (χ0v) is 19.6. The quantitative estimate of drug-likeness (QED) is 0.595. The molecule has 2 aromatic rings. The maximum Gasteiger partial charge on any atom is 0.240 e. The van der Waals surface area contributed by atoms with Crippen LogP contribution in [0.3, 0.4) is 0 Å². The fourth-order valence-electron chi connectivity index (χ4n) is 4.00. The van der Waals surface area contributed by atoms with Crippen molar-refractivity contribution in [3.05, 3.63) is 64.2 Å². The predicted molar refractivity (Wildman–Crippen MR) is 124 cm³/mol. The number of carbonyl (C=O) groups excluding carboxylic acids is 1. The van der Waals surface area contributed by atoms with Gasteiger partial charge in [0.1, 0.15) is 0 Å². The van der Waals surface area contributed by atoms with Gasteiger partial charge < -0.3 is 5.32 Å². The van der Waals surface area contributed by atoms with E-state index in [1.165, 1.54) is 0 Å². The molecule has 0 spiro atoms. The molecule has 2 N–H and O–H groups in total. The average Bonchev–Trinajstić information content (AvgIpc) is 3.22. The second-order valence-corrected chi connectivity index (χ2v) is 10.2. The first-order valence-electron chi connectivity index (χ1n) is 10.6. The molecule has 1 amide bonds. The molecule has 1 heterocycles. The number of amides is 1. The van der Waals surface area contributed by atoms with Crippen LogP contribution in [0.4, 0.5) is 0 Å². The van der Waals surface area contributed by atoms with Crippen molar-refractivity contribution in [3.8, 4) is 0 Å². The molecule has 0 aliphatic carbocycles. The number of halogens is 1. The van der Waals surface area contributed by atoms with Gasteiger partial charge in [0.25, 0.3) is 0 Å². The summed E-state index contributed by atoms with van der Waals surface area (Å²) in [6, 6.07) is 13.0. The minimum atomic E-state index is -3.65. The van der Waals surface area contributed by atoms with Gasteiger partial charge >= 0.3 is 0 Å². The topological polar surface area (TPSA) is 78.5 Å². The number of hydrogen-bond acceptors (Lipinski definition) is 4. The number of sulfonamides is 1. The molecule has 3 rings (SSSR count). The highest BCUT2D eigenvalue weighted by molar-refractivity contribution is 7.89. The van der Waals surface area contributed by atoms with Crippen molar-refractivity contribution in [2.24, 2.45) is 0 Å². The van der Waals surface area contributed by atoms with Gasteiger partial charge in [-0.05, 0) is 69.1 Å². The Bertz CT molecular complexity index is 1020. The zero-order valence-electron chi connectivity index (χ0n) is 18.0. The van der Waals surface area contributed by atoms with Gasteiger partial charge in [-0.2, -0.15) is 0 Å². The summed E-state index contributed by atoms with van der Waals surface area (Å²) < 4.78 is 27.6. The molecule has 0 radical (unpaired) electrons. The van der Waals surface area contributed by atoms with Crippen molar-refractivity contribution in [1.29, 1.82) is 0 Å². The highest BCUT2D eigenvalue weighted by Gasteiger charge is 2.24. The van der Waals surface area contributed by atoms with Crippen LogP contribution in [0.15, 0.2) is 47.4 Å². The highest BCUT2D eigenvalue weighted by atomic mass is 35.5. The summed E-state index contributed by atoms with van der Waals surface area (Å²) in [6.07, 6.45) is 2.36. The average molecular weight is 464 g/mol. The Morgan fingerprint density at radius 1 is 1.13 bits per heavy atom. The van der Waals surface area contributed by atoms with E-state index in [2.05, 4.69) is 14.9 Å². The molecule has 1 aliphatic rings. The number of aryl methyl sites for hydroxylation is 2. The summed E-state index contributed by atoms with van der Waals surface area (Å²) in [7, 11) is -3.65. The summed E-state index contributed by atoms with van der Waals surface area (Å²) in [5, 5.41) is 3.64. The van der Waals surface area contributed by atoms with Crippen LogP contribution in [0, 0.1) is 13.8 Å². The van der Waals surface area contributed by atoms with Crippen LogP contribution in [0.25, 0.3) is 0 Å². The number of nitrogens with one attached hydrogen (secondary N) is 2. The van der Waals surface area contributed by atoms with E-state index < -0.39 is 10.0 Å². The third kappa shape index (κ3) is 6.53. The second kappa shape index (κ2) is 10.6. The molecule has 1 atom stereocenters. The minimum Gasteiger partial charge on any atom is -0.354 e. The summed E-state index contributed by atoms with van der Waals surface area (Å²) in [6.45, 7) is 6.17. The lowest BCUT2D eigenvalue weighted by molar-refractivity contribution is -0.121. The number of hydrogen-bond donors (Lipinski definition) is 2. The van der Waals surface area contributed by atoms with Crippen LogP contribution < -0.4 is 10.0 Å². The fourth-order valence-corrected chi connectivity index (χ4v) is 5.46. The second-order valence-electron chi connectivity index (χ2n) is 8.03. The predicted octanol–water partition coefficient (Wildman–Crippen LogP) is 3.58. The van der Waals surface area contributed by atoms with Gasteiger partial charge in [0.2, 0.25) is 15.9 Å². The van der Waals surface area contributed by atoms with E-state index in [0.29, 0.717) is 17.1 Å². The summed E-state index contributed by atoms with van der Waals surface area (Å²) in [5.74, 6) is -0.186. The summed E-state index contributed by atoms with van der Waals surface area (Å²) in [4.78, 5) is 15.0. The van der Waals surface area contributed by atoms with E-state index in [-0.39, 0.29) is 29.8 Å². The SMILES string of the molecule is Cc1ccc(S(=O)(=O)NCCC(=O)NCC(c2cccc(Cl)c2)N2CCCC2)c(C)c1. The third-order valence-electron chi connectivity index (χ3n) is 5.57. The smallest absolute Gasteiger partial charge is 0.240 e. The van der Waals surface area contributed by atoms with Gasteiger partial charge in [0.05, 0.1) is 10.9 Å². The van der Waals surface area contributed by atoms with Gasteiger partial charge in [0.15, 0.2) is 0 Å². The molecule has 0 aromatic heterocycles. The number of carbonyl (C=O) groups is 1. The summed E-state index contributed by atoms with van der Waals surface area (Å²) >= 11 is 6.17. The first-order chi connectivity index (χ1) is 14.8. The van der Waals surface area contributed by atoms with E-state index in [1.807, 2.05) is 37.3 Å². The number of nitrogens with zero attached hydrogens (tertiary/aromatic N) is 1. The number of rotatable bonds is 9. The molecule has 0 bridgehead atoms. The maximum absolute atomic E-state index is 12.5. The molecule has 8 heteroatoms. The minimum absolute atomic E-state index is 0.0486. The molecule has 0 saturated carbocycles. The normalized spacial score (nSPS) is 15.7. The lowest BCUT2D eigenvalue weighted by atomic mass is 10.1. The van der Waals surface area contributed by atoms with E-state index in [9.17, 15) is 13.2 Å². The van der Waals surface area contributed by atoms with Crippen LogP contribution in [0.2, 0.25) is 5.02 Å². The van der Waals surface area contributed by atoms with E-state index in [0.717, 1.165) is 37.1 Å². The largest absolute Gasteiger partial charge is 0.354 e. The van der Waals surface area contributed by atoms with Gasteiger partial charge in [-0.1, -0.05) is 41.4 Å². The van der Waals surface area contributed by atoms with Crippen molar-refractivity contribution in [2.75, 3.05) is 26.2 Å². The van der Waals surface area contributed by atoms with Crippen molar-refractivity contribution < 1.29 is 13.2 Å². The highest BCUT2D eigenvalue weighted by Crippen LogP contribution is 2.26. The van der Waals surface area contributed by atoms with Crippen LogP contribution in [0.1, 0.15) is 42.0 Å². The number of likely N-dealkylation sites (tertiary alicyclic amines) is 1. The van der Waals surface area contributed by atoms with Gasteiger partial charge in [0, 0.05) is 24.5 Å². The van der Waals surface area contributed by atoms with Crippen LogP contribution in [0.5, 0.6) is 0 Å². The van der Waals surface area contributed by atoms with Crippen LogP contribution in [-0.2, 0) is 14.8 Å². The lowest BCUT2D eigenvalue weighted by Crippen LogP contribution is -2.38. The standard InChI is InChI=1S/C23H30ClN3O3S/c1-17-8-9-22(18(2)14-17)31(29,30)26-11-10-23(28)25-16-21(27-12-3-4-13-27)19-6-5-7-20(24)15-19/h5-9,14-15,21,26H,3-4,10-13,16H2,1-2H3,(H,25,28). The molecule has 6 nitrogen and oxygen atoms in total. The van der Waals surface area contributed by atoms with E-state index in [4.69, 9.17) is 11.6 Å². The maximum atomic E-state index is 12.5. The van der Waals surface area contributed by atoms with Crippen molar-refractivity contribution >= 4 is 27.5 Å². The Hall–Kier alpha value is -1.93. The number of benzene rings is 2. The Labute approximate surface area is 190 Å². The molecule has 1 unspecified atom stereocenters. The lowest BCUT2D eigenvalue weighted by Gasteiger charge is -2.28. The Balaban J connectivity index is 1.54. The van der Waals surface area contributed by atoms with Gasteiger partial charge in [-0.15, -0.1) is 0 Å². The molecule has 31 heavy (non-hydrogen) atoms. The zero-order chi connectivity index (χ0) is 22.4. The Morgan fingerprint density at radius 2 is 1.87 bits per heavy atom. The van der Waals surface area contributed by atoms with E-state index in [1.54, 1.807) is 19.1 Å². The van der Waals surface area contributed by atoms with Gasteiger partial charge in [-0.25, -0.2) is 13.1 Å². The first-order valence-corrected chi connectivity index (χ1v) is 12.5. The Kier molecular flexibility index (Phi) is 8.11. The van der Waals surface area contributed by atoms with Gasteiger partial charge in [-0.3, -0.25) is 9.69 Å². The molecule has 1 fully saturated rings. The Morgan fingerprint density at radius 3 is 2.55 bits per heavy atom. The molecule has 1 saturated heterocycles. The van der Waals surface area contributed by atoms with Crippen LogP contribution in [-0.4, -0.2) is 45.4 Å². The van der Waals surface area contributed by atoms with Crippen molar-refractivity contribution in [1.82, 2.24) is 14.9 Å². The first kappa shape index (κ1) is 23.7. The molecule has 1 aliphatic heterocycles. The molecule has 168 valence electrons. The van der Waals surface area contributed by atoms with Crippen molar-refractivity contribution in [3.63, 3.8) is 0 Å². The summed E-state index contributed by atoms with van der Waals surface area (Å²) in [5.41, 5.74) is 2.76. The molecular formula is C23H30ClN3O3S. The van der Waals surface area contributed by atoms with Crippen LogP contribution >= 0.6 is 11.6 Å². The monoisotopic (exact) mass is 463 g/mol. The molecular weight excluding hydrogens is 434 g/mol. The van der Waals surface area contributed by atoms with E-state index >= 15 is 0 Å². The van der Waals surface area contributed by atoms with Crippen molar-refractivity contribution in [2.45, 2.75) is 44.0 Å². The third-order valence-corrected chi connectivity index (χ3v) is 7.43.